The number of ether oxygens (including phenoxy) is 1. The van der Waals surface area contributed by atoms with E-state index in [9.17, 15) is 18.0 Å². The number of esters is 1. The number of halogens is 3. The Morgan fingerprint density at radius 3 is 2.59 bits per heavy atom. The second-order valence-electron chi connectivity index (χ2n) is 4.64. The van der Waals surface area contributed by atoms with E-state index in [1.807, 2.05) is 6.07 Å². The SMILES string of the molecule is CCN(C[C@@H](C)C(=O)OC)c1nc(C(F)(F)F)ccc1C#N. The first-order valence-electron chi connectivity index (χ1n) is 6.55. The maximum absolute atomic E-state index is 12.8. The number of anilines is 1. The van der Waals surface area contributed by atoms with Crippen LogP contribution in [0.4, 0.5) is 19.0 Å². The first-order chi connectivity index (χ1) is 10.2. The van der Waals surface area contributed by atoms with Crippen molar-refractivity contribution in [3.05, 3.63) is 23.4 Å². The number of carbonyl (C=O) groups is 1. The zero-order chi connectivity index (χ0) is 16.9. The predicted octanol–water partition coefficient (Wildman–Crippen LogP) is 2.61. The van der Waals surface area contributed by atoms with E-state index in [0.29, 0.717) is 6.54 Å². The molecule has 5 nitrogen and oxygen atoms in total. The van der Waals surface area contributed by atoms with Gasteiger partial charge in [-0.05, 0) is 19.1 Å². The lowest BCUT2D eigenvalue weighted by molar-refractivity contribution is -0.144. The Labute approximate surface area is 126 Å². The van der Waals surface area contributed by atoms with Crippen molar-refractivity contribution >= 4 is 11.8 Å². The molecule has 0 unspecified atom stereocenters. The van der Waals surface area contributed by atoms with Gasteiger partial charge in [0.1, 0.15) is 17.6 Å². The van der Waals surface area contributed by atoms with Crippen molar-refractivity contribution < 1.29 is 22.7 Å². The first kappa shape index (κ1) is 17.8. The second-order valence-corrected chi connectivity index (χ2v) is 4.64. The van der Waals surface area contributed by atoms with Gasteiger partial charge in [0.25, 0.3) is 0 Å². The van der Waals surface area contributed by atoms with Gasteiger partial charge in [-0.2, -0.15) is 18.4 Å². The van der Waals surface area contributed by atoms with E-state index in [2.05, 4.69) is 9.72 Å². The lowest BCUT2D eigenvalue weighted by Gasteiger charge is -2.26. The number of rotatable bonds is 5. The molecule has 1 rings (SSSR count). The van der Waals surface area contributed by atoms with Crippen LogP contribution in [0.15, 0.2) is 12.1 Å². The van der Waals surface area contributed by atoms with Gasteiger partial charge in [0.15, 0.2) is 0 Å². The molecule has 0 N–H and O–H groups in total. The Bertz CT molecular complexity index is 582. The quantitative estimate of drug-likeness (QED) is 0.781. The maximum Gasteiger partial charge on any atom is 0.433 e. The minimum Gasteiger partial charge on any atom is -0.469 e. The Hall–Kier alpha value is -2.30. The summed E-state index contributed by atoms with van der Waals surface area (Å²) in [6.45, 7) is 3.69. The number of pyridine rings is 1. The number of carbonyl (C=O) groups excluding carboxylic acids is 1. The van der Waals surface area contributed by atoms with Crippen LogP contribution < -0.4 is 4.90 Å². The van der Waals surface area contributed by atoms with Crippen LogP contribution in [0.25, 0.3) is 0 Å². The highest BCUT2D eigenvalue weighted by atomic mass is 19.4. The summed E-state index contributed by atoms with van der Waals surface area (Å²) in [5.41, 5.74) is -1.06. The summed E-state index contributed by atoms with van der Waals surface area (Å²) < 4.78 is 42.9. The van der Waals surface area contributed by atoms with Crippen LogP contribution in [-0.2, 0) is 15.7 Å². The van der Waals surface area contributed by atoms with Crippen molar-refractivity contribution in [2.75, 3.05) is 25.1 Å². The highest BCUT2D eigenvalue weighted by molar-refractivity contribution is 5.72. The molecule has 0 amide bonds. The Morgan fingerprint density at radius 1 is 1.50 bits per heavy atom. The fourth-order valence-corrected chi connectivity index (χ4v) is 1.91. The summed E-state index contributed by atoms with van der Waals surface area (Å²) in [4.78, 5) is 16.5. The maximum atomic E-state index is 12.8. The van der Waals surface area contributed by atoms with Crippen molar-refractivity contribution in [1.82, 2.24) is 4.98 Å². The summed E-state index contributed by atoms with van der Waals surface area (Å²) in [6.07, 6.45) is -4.60. The molecule has 0 spiro atoms. The van der Waals surface area contributed by atoms with Crippen molar-refractivity contribution in [3.63, 3.8) is 0 Å². The standard InChI is InChI=1S/C14H16F3N3O2/c1-4-20(8-9(2)13(21)22-3)12-10(7-18)5-6-11(19-12)14(15,16)17/h5-6,9H,4,8H2,1-3H3/t9-/m1/s1. The third-order valence-corrected chi connectivity index (χ3v) is 3.07. The number of hydrogen-bond acceptors (Lipinski definition) is 5. The summed E-state index contributed by atoms with van der Waals surface area (Å²) in [7, 11) is 1.23. The molecule has 1 heterocycles. The summed E-state index contributed by atoms with van der Waals surface area (Å²) in [5.74, 6) is -1.13. The van der Waals surface area contributed by atoms with Crippen molar-refractivity contribution in [3.8, 4) is 6.07 Å². The van der Waals surface area contributed by atoms with E-state index < -0.39 is 23.8 Å². The molecule has 1 atom stereocenters. The zero-order valence-electron chi connectivity index (χ0n) is 12.4. The zero-order valence-corrected chi connectivity index (χ0v) is 12.4. The van der Waals surface area contributed by atoms with Gasteiger partial charge in [-0.25, -0.2) is 4.98 Å². The molecule has 0 aromatic carbocycles. The number of alkyl halides is 3. The molecular formula is C14H16F3N3O2. The van der Waals surface area contributed by atoms with Crippen LogP contribution >= 0.6 is 0 Å². The second kappa shape index (κ2) is 7.11. The smallest absolute Gasteiger partial charge is 0.433 e. The molecule has 0 saturated carbocycles. The largest absolute Gasteiger partial charge is 0.469 e. The van der Waals surface area contributed by atoms with E-state index in [1.165, 1.54) is 12.0 Å². The van der Waals surface area contributed by atoms with Crippen LogP contribution in [0.5, 0.6) is 0 Å². The van der Waals surface area contributed by atoms with Crippen LogP contribution in [0.2, 0.25) is 0 Å². The lowest BCUT2D eigenvalue weighted by atomic mass is 10.1. The van der Waals surface area contributed by atoms with Gasteiger partial charge < -0.3 is 9.64 Å². The molecule has 120 valence electrons. The van der Waals surface area contributed by atoms with Crippen LogP contribution in [0.1, 0.15) is 25.1 Å². The van der Waals surface area contributed by atoms with Crippen molar-refractivity contribution in [2.45, 2.75) is 20.0 Å². The van der Waals surface area contributed by atoms with Crippen LogP contribution in [-0.4, -0.2) is 31.2 Å². The Kier molecular flexibility index (Phi) is 5.74. The number of methoxy groups -OCH3 is 1. The molecule has 1 aromatic heterocycles. The van der Waals surface area contributed by atoms with Crippen molar-refractivity contribution in [2.24, 2.45) is 5.92 Å². The summed E-state index contributed by atoms with van der Waals surface area (Å²) >= 11 is 0. The van der Waals surface area contributed by atoms with E-state index in [0.717, 1.165) is 12.1 Å². The topological polar surface area (TPSA) is 66.2 Å². The van der Waals surface area contributed by atoms with E-state index >= 15 is 0 Å². The number of aromatic nitrogens is 1. The third kappa shape index (κ3) is 4.10. The Morgan fingerprint density at radius 2 is 2.14 bits per heavy atom. The number of hydrogen-bond donors (Lipinski definition) is 0. The van der Waals surface area contributed by atoms with Gasteiger partial charge in [0.2, 0.25) is 0 Å². The highest BCUT2D eigenvalue weighted by Gasteiger charge is 2.33. The monoisotopic (exact) mass is 315 g/mol. The number of nitriles is 1. The average Bonchev–Trinajstić information content (AvgIpc) is 2.49. The molecule has 1 aromatic rings. The fourth-order valence-electron chi connectivity index (χ4n) is 1.91. The minimum atomic E-state index is -4.60. The Balaban J connectivity index is 3.20. The van der Waals surface area contributed by atoms with Gasteiger partial charge in [-0.15, -0.1) is 0 Å². The molecule has 22 heavy (non-hydrogen) atoms. The lowest BCUT2D eigenvalue weighted by Crippen LogP contribution is -2.33. The molecular weight excluding hydrogens is 299 g/mol. The molecule has 0 aliphatic heterocycles. The van der Waals surface area contributed by atoms with Crippen molar-refractivity contribution in [1.29, 1.82) is 5.26 Å². The first-order valence-corrected chi connectivity index (χ1v) is 6.55. The van der Waals surface area contributed by atoms with Gasteiger partial charge in [0.05, 0.1) is 18.6 Å². The van der Waals surface area contributed by atoms with Gasteiger partial charge in [-0.3, -0.25) is 4.79 Å². The molecule has 0 fully saturated rings. The van der Waals surface area contributed by atoms with Gasteiger partial charge >= 0.3 is 12.1 Å². The molecule has 0 bridgehead atoms. The predicted molar refractivity (Wildman–Crippen MR) is 73.0 cm³/mol. The van der Waals surface area contributed by atoms with Crippen LogP contribution in [0.3, 0.4) is 0 Å². The molecule has 8 heteroatoms. The summed E-state index contributed by atoms with van der Waals surface area (Å²) in [6, 6.07) is 3.66. The van der Waals surface area contributed by atoms with Gasteiger partial charge in [0, 0.05) is 13.1 Å². The molecule has 0 saturated heterocycles. The normalized spacial score (nSPS) is 12.4. The number of nitrogens with zero attached hydrogens (tertiary/aromatic N) is 3. The van der Waals surface area contributed by atoms with E-state index in [1.54, 1.807) is 13.8 Å². The third-order valence-electron chi connectivity index (χ3n) is 3.07. The molecule has 0 aliphatic rings. The van der Waals surface area contributed by atoms with Gasteiger partial charge in [-0.1, -0.05) is 6.92 Å². The van der Waals surface area contributed by atoms with Crippen LogP contribution in [0, 0.1) is 17.2 Å². The highest BCUT2D eigenvalue weighted by Crippen LogP contribution is 2.30. The molecule has 0 radical (unpaired) electrons. The fraction of sp³-hybridized carbons (Fsp3) is 0.500. The van der Waals surface area contributed by atoms with E-state index in [4.69, 9.17) is 5.26 Å². The average molecular weight is 315 g/mol. The summed E-state index contributed by atoms with van der Waals surface area (Å²) in [5, 5.41) is 9.06. The van der Waals surface area contributed by atoms with E-state index in [-0.39, 0.29) is 17.9 Å². The molecule has 0 aliphatic carbocycles. The minimum absolute atomic E-state index is 0.0203.